The number of carbonyl (C=O) groups excluding carboxylic acids is 1. The Morgan fingerprint density at radius 3 is 2.29 bits per heavy atom. The number of hydrogen-bond acceptors (Lipinski definition) is 2. The summed E-state index contributed by atoms with van der Waals surface area (Å²) < 4.78 is 0. The molecule has 5 heteroatoms. The average molecular weight is 200 g/mol. The Morgan fingerprint density at radius 1 is 1.36 bits per heavy atom. The van der Waals surface area contributed by atoms with E-state index >= 15 is 0 Å². The van der Waals surface area contributed by atoms with Crippen molar-refractivity contribution in [3.05, 3.63) is 0 Å². The van der Waals surface area contributed by atoms with Crippen molar-refractivity contribution < 1.29 is 4.79 Å². The molecule has 0 fully saturated rings. The monoisotopic (exact) mass is 200 g/mol. The standard InChI is InChI=1S/C9H20N4O/c1-9(2,3)13-7(14)6-12-8(10-4)11-5/h6H2,1-5H3,(H,13,14)(H2,10,11,12). The molecule has 1 amide bonds. The maximum atomic E-state index is 11.3. The SMILES string of the molecule is CN=C(NC)NCC(=O)NC(C)(C)C. The van der Waals surface area contributed by atoms with Gasteiger partial charge < -0.3 is 16.0 Å². The number of rotatable bonds is 2. The minimum absolute atomic E-state index is 0.0473. The summed E-state index contributed by atoms with van der Waals surface area (Å²) in [5.41, 5.74) is -0.193. The lowest BCUT2D eigenvalue weighted by molar-refractivity contribution is -0.121. The summed E-state index contributed by atoms with van der Waals surface area (Å²) in [7, 11) is 3.40. The summed E-state index contributed by atoms with van der Waals surface area (Å²) in [5.74, 6) is 0.558. The van der Waals surface area contributed by atoms with Gasteiger partial charge in [-0.25, -0.2) is 0 Å². The Hall–Kier alpha value is -1.26. The molecule has 14 heavy (non-hydrogen) atoms. The molecule has 0 spiro atoms. The molecule has 0 rings (SSSR count). The quantitative estimate of drug-likeness (QED) is 0.423. The molecule has 0 aliphatic rings. The lowest BCUT2D eigenvalue weighted by Crippen LogP contribution is -2.47. The second-order valence-corrected chi connectivity index (χ2v) is 3.97. The van der Waals surface area contributed by atoms with Gasteiger partial charge in [0.05, 0.1) is 6.54 Å². The Bertz CT molecular complexity index is 217. The number of aliphatic imine (C=N–C) groups is 1. The summed E-state index contributed by atoms with van der Waals surface area (Å²) in [6, 6.07) is 0. The molecule has 0 aromatic rings. The molecular weight excluding hydrogens is 180 g/mol. The molecule has 0 heterocycles. The molecule has 3 N–H and O–H groups in total. The van der Waals surface area contributed by atoms with Crippen LogP contribution in [-0.4, -0.2) is 38.0 Å². The first kappa shape index (κ1) is 12.7. The van der Waals surface area contributed by atoms with Crippen LogP contribution in [0.3, 0.4) is 0 Å². The zero-order chi connectivity index (χ0) is 11.2. The molecule has 0 radical (unpaired) electrons. The first-order valence-electron chi connectivity index (χ1n) is 4.58. The fourth-order valence-corrected chi connectivity index (χ4v) is 0.906. The van der Waals surface area contributed by atoms with Gasteiger partial charge in [0, 0.05) is 19.6 Å². The number of hydrogen-bond donors (Lipinski definition) is 3. The van der Waals surface area contributed by atoms with E-state index in [0.29, 0.717) is 5.96 Å². The van der Waals surface area contributed by atoms with Gasteiger partial charge >= 0.3 is 0 Å². The highest BCUT2D eigenvalue weighted by Gasteiger charge is 2.13. The van der Waals surface area contributed by atoms with Gasteiger partial charge in [-0.3, -0.25) is 9.79 Å². The number of amides is 1. The van der Waals surface area contributed by atoms with Crippen molar-refractivity contribution >= 4 is 11.9 Å². The van der Waals surface area contributed by atoms with E-state index in [-0.39, 0.29) is 18.0 Å². The highest BCUT2D eigenvalue weighted by molar-refractivity contribution is 5.86. The normalized spacial score (nSPS) is 12.2. The molecule has 5 nitrogen and oxygen atoms in total. The van der Waals surface area contributed by atoms with Gasteiger partial charge in [-0.1, -0.05) is 0 Å². The molecule has 0 saturated carbocycles. The molecule has 0 unspecified atom stereocenters. The molecule has 0 saturated heterocycles. The van der Waals surface area contributed by atoms with Crippen LogP contribution in [0.2, 0.25) is 0 Å². The van der Waals surface area contributed by atoms with E-state index in [0.717, 1.165) is 0 Å². The van der Waals surface area contributed by atoms with Gasteiger partial charge in [0.15, 0.2) is 5.96 Å². The summed E-state index contributed by atoms with van der Waals surface area (Å²) in [5, 5.41) is 8.54. The van der Waals surface area contributed by atoms with E-state index in [1.165, 1.54) is 0 Å². The predicted octanol–water partition coefficient (Wildman–Crippen LogP) is -0.304. The third-order valence-corrected chi connectivity index (χ3v) is 1.39. The van der Waals surface area contributed by atoms with E-state index in [4.69, 9.17) is 0 Å². The lowest BCUT2D eigenvalue weighted by atomic mass is 10.1. The number of nitrogens with one attached hydrogen (secondary N) is 3. The van der Waals surface area contributed by atoms with Crippen molar-refractivity contribution in [3.8, 4) is 0 Å². The van der Waals surface area contributed by atoms with Gasteiger partial charge in [0.25, 0.3) is 0 Å². The second kappa shape index (κ2) is 5.47. The van der Waals surface area contributed by atoms with Crippen molar-refractivity contribution in [1.82, 2.24) is 16.0 Å². The maximum absolute atomic E-state index is 11.3. The molecule has 82 valence electrons. The van der Waals surface area contributed by atoms with Gasteiger partial charge in [-0.2, -0.15) is 0 Å². The lowest BCUT2D eigenvalue weighted by Gasteiger charge is -2.20. The van der Waals surface area contributed by atoms with Crippen molar-refractivity contribution in [1.29, 1.82) is 0 Å². The Labute approximate surface area is 85.4 Å². The highest BCUT2D eigenvalue weighted by atomic mass is 16.2. The van der Waals surface area contributed by atoms with Crippen LogP contribution in [0, 0.1) is 0 Å². The minimum atomic E-state index is -0.193. The summed E-state index contributed by atoms with van der Waals surface area (Å²) >= 11 is 0. The van der Waals surface area contributed by atoms with Gasteiger partial charge in [0.1, 0.15) is 0 Å². The maximum Gasteiger partial charge on any atom is 0.239 e. The minimum Gasteiger partial charge on any atom is -0.359 e. The Balaban J connectivity index is 3.86. The summed E-state index contributed by atoms with van der Waals surface area (Å²) in [4.78, 5) is 15.2. The van der Waals surface area contributed by atoms with Crippen LogP contribution in [0.15, 0.2) is 4.99 Å². The number of carbonyl (C=O) groups is 1. The van der Waals surface area contributed by atoms with Crippen LogP contribution in [0.25, 0.3) is 0 Å². The zero-order valence-electron chi connectivity index (χ0n) is 9.56. The van der Waals surface area contributed by atoms with Crippen LogP contribution in [0.1, 0.15) is 20.8 Å². The van der Waals surface area contributed by atoms with Crippen molar-refractivity contribution in [2.45, 2.75) is 26.3 Å². The van der Waals surface area contributed by atoms with Crippen molar-refractivity contribution in [3.63, 3.8) is 0 Å². The van der Waals surface area contributed by atoms with Gasteiger partial charge in [-0.15, -0.1) is 0 Å². The van der Waals surface area contributed by atoms with E-state index in [1.54, 1.807) is 14.1 Å². The van der Waals surface area contributed by atoms with Crippen LogP contribution in [0.5, 0.6) is 0 Å². The molecule has 0 aliphatic heterocycles. The number of guanidine groups is 1. The fraction of sp³-hybridized carbons (Fsp3) is 0.778. The Kier molecular flexibility index (Phi) is 4.97. The van der Waals surface area contributed by atoms with Crippen molar-refractivity contribution in [2.75, 3.05) is 20.6 Å². The predicted molar refractivity (Wildman–Crippen MR) is 58.3 cm³/mol. The molecule has 0 aromatic heterocycles. The largest absolute Gasteiger partial charge is 0.359 e. The van der Waals surface area contributed by atoms with E-state index in [1.807, 2.05) is 20.8 Å². The second-order valence-electron chi connectivity index (χ2n) is 3.97. The third-order valence-electron chi connectivity index (χ3n) is 1.39. The molecule has 0 aromatic carbocycles. The van der Waals surface area contributed by atoms with Crippen LogP contribution >= 0.6 is 0 Å². The van der Waals surface area contributed by atoms with Crippen LogP contribution in [0.4, 0.5) is 0 Å². The van der Waals surface area contributed by atoms with E-state index in [2.05, 4.69) is 20.9 Å². The van der Waals surface area contributed by atoms with Gasteiger partial charge in [-0.05, 0) is 20.8 Å². The molecule has 0 aliphatic carbocycles. The first-order valence-corrected chi connectivity index (χ1v) is 4.58. The number of nitrogens with zero attached hydrogens (tertiary/aromatic N) is 1. The average Bonchev–Trinajstić information content (AvgIpc) is 2.03. The summed E-state index contributed by atoms with van der Waals surface area (Å²) in [6.45, 7) is 6.05. The van der Waals surface area contributed by atoms with Gasteiger partial charge in [0.2, 0.25) is 5.91 Å². The fourth-order valence-electron chi connectivity index (χ4n) is 0.906. The van der Waals surface area contributed by atoms with Crippen LogP contribution < -0.4 is 16.0 Å². The van der Waals surface area contributed by atoms with Crippen molar-refractivity contribution in [2.24, 2.45) is 4.99 Å². The first-order chi connectivity index (χ1) is 6.39. The van der Waals surface area contributed by atoms with E-state index in [9.17, 15) is 4.79 Å². The van der Waals surface area contributed by atoms with E-state index < -0.39 is 0 Å². The zero-order valence-corrected chi connectivity index (χ0v) is 9.56. The molecular formula is C9H20N4O. The topological polar surface area (TPSA) is 65.5 Å². The third kappa shape index (κ3) is 6.28. The molecule has 0 atom stereocenters. The highest BCUT2D eigenvalue weighted by Crippen LogP contribution is 1.96. The molecule has 0 bridgehead atoms. The smallest absolute Gasteiger partial charge is 0.239 e. The van der Waals surface area contributed by atoms with Crippen LogP contribution in [-0.2, 0) is 4.79 Å². The summed E-state index contributed by atoms with van der Waals surface area (Å²) in [6.07, 6.45) is 0. The Morgan fingerprint density at radius 2 is 1.93 bits per heavy atom.